The number of para-hydroxylation sites is 1. The number of phenols is 1. The van der Waals surface area contributed by atoms with Crippen molar-refractivity contribution >= 4 is 5.91 Å². The molecule has 1 amide bonds. The Labute approximate surface area is 119 Å². The molecule has 2 N–H and O–H groups in total. The van der Waals surface area contributed by atoms with Crippen LogP contribution < -0.4 is 5.32 Å². The summed E-state index contributed by atoms with van der Waals surface area (Å²) in [4.78, 5) is 14.4. The fraction of sp³-hybridized carbons (Fsp3) is 0.533. The molecule has 1 aliphatic heterocycles. The number of nitrogens with zero attached hydrogens (tertiary/aromatic N) is 1. The second-order valence-electron chi connectivity index (χ2n) is 5.61. The molecule has 1 fully saturated rings. The van der Waals surface area contributed by atoms with Gasteiger partial charge < -0.3 is 15.2 Å². The number of carbonyl (C=O) groups excluding carboxylic acids is 1. The summed E-state index contributed by atoms with van der Waals surface area (Å²) in [6, 6.07) is 6.57. The molecule has 0 aromatic heterocycles. The molecule has 0 saturated carbocycles. The van der Waals surface area contributed by atoms with E-state index in [1.165, 1.54) is 6.07 Å². The van der Waals surface area contributed by atoms with Crippen LogP contribution in [0.3, 0.4) is 0 Å². The molecule has 20 heavy (non-hydrogen) atoms. The van der Waals surface area contributed by atoms with Crippen molar-refractivity contribution in [3.05, 3.63) is 29.8 Å². The fourth-order valence-electron chi connectivity index (χ4n) is 2.34. The predicted octanol–water partition coefficient (Wildman–Crippen LogP) is 1.23. The van der Waals surface area contributed by atoms with Crippen LogP contribution in [0.1, 0.15) is 24.2 Å². The lowest BCUT2D eigenvalue weighted by Crippen LogP contribution is -2.55. The van der Waals surface area contributed by atoms with Gasteiger partial charge in [0, 0.05) is 25.2 Å². The highest BCUT2D eigenvalue weighted by Gasteiger charge is 2.28. The monoisotopic (exact) mass is 278 g/mol. The maximum atomic E-state index is 12.1. The van der Waals surface area contributed by atoms with Crippen LogP contribution in [0.15, 0.2) is 24.3 Å². The SMILES string of the molecule is CC(C)(CNC(=O)c1ccccc1O)N1CCOCC1. The van der Waals surface area contributed by atoms with Gasteiger partial charge in [-0.05, 0) is 26.0 Å². The number of morpholine rings is 1. The molecule has 5 heteroatoms. The fourth-order valence-corrected chi connectivity index (χ4v) is 2.34. The third-order valence-electron chi connectivity index (χ3n) is 3.70. The first-order chi connectivity index (χ1) is 9.50. The molecule has 1 aliphatic rings. The first kappa shape index (κ1) is 14.8. The topological polar surface area (TPSA) is 61.8 Å². The number of benzene rings is 1. The average Bonchev–Trinajstić information content (AvgIpc) is 2.46. The molecular weight excluding hydrogens is 256 g/mol. The predicted molar refractivity (Wildman–Crippen MR) is 76.9 cm³/mol. The maximum Gasteiger partial charge on any atom is 0.255 e. The molecule has 1 aromatic rings. The number of nitrogens with one attached hydrogen (secondary N) is 1. The van der Waals surface area contributed by atoms with E-state index < -0.39 is 0 Å². The van der Waals surface area contributed by atoms with E-state index in [0.717, 1.165) is 26.3 Å². The molecule has 1 heterocycles. The number of phenolic OH excluding ortho intramolecular Hbond substituents is 1. The van der Waals surface area contributed by atoms with Gasteiger partial charge in [0.15, 0.2) is 0 Å². The third kappa shape index (κ3) is 3.49. The first-order valence-electron chi connectivity index (χ1n) is 6.90. The minimum Gasteiger partial charge on any atom is -0.507 e. The van der Waals surface area contributed by atoms with Gasteiger partial charge in [-0.1, -0.05) is 12.1 Å². The van der Waals surface area contributed by atoms with Crippen LogP contribution in [0, 0.1) is 0 Å². The molecule has 0 atom stereocenters. The molecule has 110 valence electrons. The Hall–Kier alpha value is -1.59. The molecular formula is C15H22N2O3. The van der Waals surface area contributed by atoms with Crippen LogP contribution >= 0.6 is 0 Å². The summed E-state index contributed by atoms with van der Waals surface area (Å²) < 4.78 is 5.34. The number of ether oxygens (including phenoxy) is 1. The summed E-state index contributed by atoms with van der Waals surface area (Å²) in [5.41, 5.74) is 0.175. The maximum absolute atomic E-state index is 12.1. The number of hydrogen-bond donors (Lipinski definition) is 2. The van der Waals surface area contributed by atoms with Gasteiger partial charge in [0.05, 0.1) is 18.8 Å². The zero-order valence-electron chi connectivity index (χ0n) is 12.1. The van der Waals surface area contributed by atoms with Crippen LogP contribution in [0.4, 0.5) is 0 Å². The largest absolute Gasteiger partial charge is 0.507 e. The van der Waals surface area contributed by atoms with Crippen LogP contribution in [0.2, 0.25) is 0 Å². The van der Waals surface area contributed by atoms with Gasteiger partial charge in [-0.15, -0.1) is 0 Å². The molecule has 2 rings (SSSR count). The molecule has 1 aromatic carbocycles. The van der Waals surface area contributed by atoms with Crippen molar-refractivity contribution in [2.45, 2.75) is 19.4 Å². The number of rotatable bonds is 4. The van der Waals surface area contributed by atoms with E-state index in [0.29, 0.717) is 12.1 Å². The van der Waals surface area contributed by atoms with Crippen LogP contribution in [0.25, 0.3) is 0 Å². The van der Waals surface area contributed by atoms with E-state index in [-0.39, 0.29) is 17.2 Å². The van der Waals surface area contributed by atoms with E-state index in [2.05, 4.69) is 24.1 Å². The van der Waals surface area contributed by atoms with Gasteiger partial charge in [0.1, 0.15) is 5.75 Å². The Morgan fingerprint density at radius 2 is 2.00 bits per heavy atom. The summed E-state index contributed by atoms with van der Waals surface area (Å²) in [5.74, 6) is -0.237. The van der Waals surface area contributed by atoms with Crippen molar-refractivity contribution in [2.75, 3.05) is 32.8 Å². The van der Waals surface area contributed by atoms with E-state index in [1.54, 1.807) is 18.2 Å². The normalized spacial score (nSPS) is 16.9. The molecule has 0 spiro atoms. The lowest BCUT2D eigenvalue weighted by atomic mass is 10.0. The summed E-state index contributed by atoms with van der Waals surface area (Å²) in [6.07, 6.45) is 0. The van der Waals surface area contributed by atoms with E-state index in [9.17, 15) is 9.90 Å². The van der Waals surface area contributed by atoms with Crippen LogP contribution in [-0.2, 0) is 4.74 Å². The minimum absolute atomic E-state index is 0.00850. The van der Waals surface area contributed by atoms with Crippen molar-refractivity contribution < 1.29 is 14.6 Å². The zero-order chi connectivity index (χ0) is 14.6. The highest BCUT2D eigenvalue weighted by Crippen LogP contribution is 2.17. The van der Waals surface area contributed by atoms with Crippen molar-refractivity contribution in [1.29, 1.82) is 0 Å². The highest BCUT2D eigenvalue weighted by atomic mass is 16.5. The van der Waals surface area contributed by atoms with Crippen LogP contribution in [-0.4, -0.2) is 54.3 Å². The summed E-state index contributed by atoms with van der Waals surface area (Å²) in [6.45, 7) is 7.94. The summed E-state index contributed by atoms with van der Waals surface area (Å²) in [7, 11) is 0. The quantitative estimate of drug-likeness (QED) is 0.869. The standard InChI is InChI=1S/C15H22N2O3/c1-15(2,17-7-9-20-10-8-17)11-16-14(19)12-5-3-4-6-13(12)18/h3-6,18H,7-11H2,1-2H3,(H,16,19). The minimum atomic E-state index is -0.246. The summed E-state index contributed by atoms with van der Waals surface area (Å²) >= 11 is 0. The van der Waals surface area contributed by atoms with Crippen molar-refractivity contribution in [3.8, 4) is 5.75 Å². The number of carbonyl (C=O) groups is 1. The van der Waals surface area contributed by atoms with Gasteiger partial charge in [0.25, 0.3) is 5.91 Å². The van der Waals surface area contributed by atoms with Gasteiger partial charge in [0.2, 0.25) is 0 Å². The average molecular weight is 278 g/mol. The van der Waals surface area contributed by atoms with Gasteiger partial charge in [-0.2, -0.15) is 0 Å². The number of aromatic hydroxyl groups is 1. The van der Waals surface area contributed by atoms with Gasteiger partial charge in [-0.3, -0.25) is 9.69 Å². The second-order valence-corrected chi connectivity index (χ2v) is 5.61. The molecule has 0 bridgehead atoms. The van der Waals surface area contributed by atoms with Gasteiger partial charge >= 0.3 is 0 Å². The van der Waals surface area contributed by atoms with Crippen LogP contribution in [0.5, 0.6) is 5.75 Å². The smallest absolute Gasteiger partial charge is 0.255 e. The van der Waals surface area contributed by atoms with Crippen molar-refractivity contribution in [1.82, 2.24) is 10.2 Å². The third-order valence-corrected chi connectivity index (χ3v) is 3.70. The lowest BCUT2D eigenvalue weighted by Gasteiger charge is -2.40. The number of amides is 1. The van der Waals surface area contributed by atoms with Gasteiger partial charge in [-0.25, -0.2) is 0 Å². The lowest BCUT2D eigenvalue weighted by molar-refractivity contribution is -0.00923. The number of hydrogen-bond acceptors (Lipinski definition) is 4. The zero-order valence-corrected chi connectivity index (χ0v) is 12.1. The van der Waals surface area contributed by atoms with E-state index in [4.69, 9.17) is 4.74 Å². The Morgan fingerprint density at radius 3 is 2.65 bits per heavy atom. The Bertz CT molecular complexity index is 468. The highest BCUT2D eigenvalue weighted by molar-refractivity contribution is 5.96. The van der Waals surface area contributed by atoms with E-state index >= 15 is 0 Å². The molecule has 0 radical (unpaired) electrons. The molecule has 0 unspecified atom stereocenters. The van der Waals surface area contributed by atoms with Crippen molar-refractivity contribution in [3.63, 3.8) is 0 Å². The van der Waals surface area contributed by atoms with Crippen molar-refractivity contribution in [2.24, 2.45) is 0 Å². The Kier molecular flexibility index (Phi) is 4.62. The summed E-state index contributed by atoms with van der Waals surface area (Å²) in [5, 5.41) is 12.6. The molecule has 1 saturated heterocycles. The first-order valence-corrected chi connectivity index (χ1v) is 6.90. The molecule has 5 nitrogen and oxygen atoms in total. The van der Waals surface area contributed by atoms with E-state index in [1.807, 2.05) is 0 Å². The Morgan fingerprint density at radius 1 is 1.35 bits per heavy atom. The second kappa shape index (κ2) is 6.24. The Balaban J connectivity index is 1.94. The molecule has 0 aliphatic carbocycles.